The first-order chi connectivity index (χ1) is 9.78. The summed E-state index contributed by atoms with van der Waals surface area (Å²) < 4.78 is 0. The van der Waals surface area contributed by atoms with Gasteiger partial charge in [0, 0.05) is 25.7 Å². The first-order valence-electron chi connectivity index (χ1n) is 7.37. The Labute approximate surface area is 143 Å². The van der Waals surface area contributed by atoms with E-state index < -0.39 is 0 Å². The van der Waals surface area contributed by atoms with E-state index in [4.69, 9.17) is 5.73 Å². The summed E-state index contributed by atoms with van der Waals surface area (Å²) >= 11 is 0. The molecule has 3 rings (SSSR count). The predicted molar refractivity (Wildman–Crippen MR) is 91.0 cm³/mol. The Hall–Kier alpha value is -1.11. The van der Waals surface area contributed by atoms with Gasteiger partial charge in [-0.2, -0.15) is 0 Å². The fraction of sp³-hybridized carbons (Fsp3) is 0.643. The minimum atomic E-state index is -0.173. The molecule has 124 valence electrons. The number of amides is 1. The number of aromatic nitrogens is 2. The molecule has 1 saturated heterocycles. The van der Waals surface area contributed by atoms with Gasteiger partial charge in [0.2, 0.25) is 0 Å². The van der Waals surface area contributed by atoms with Crippen LogP contribution in [0.3, 0.4) is 0 Å². The molecule has 0 bridgehead atoms. The van der Waals surface area contributed by atoms with E-state index in [0.29, 0.717) is 18.2 Å². The first-order valence-corrected chi connectivity index (χ1v) is 7.37. The summed E-state index contributed by atoms with van der Waals surface area (Å²) in [6.45, 7) is 2.53. The van der Waals surface area contributed by atoms with Gasteiger partial charge in [0.05, 0.1) is 0 Å². The van der Waals surface area contributed by atoms with Crippen molar-refractivity contribution < 1.29 is 4.79 Å². The number of halogens is 2. The van der Waals surface area contributed by atoms with Crippen LogP contribution in [-0.4, -0.2) is 41.8 Å². The minimum absolute atomic E-state index is 0. The second kappa shape index (κ2) is 8.50. The van der Waals surface area contributed by atoms with Gasteiger partial charge in [-0.1, -0.05) is 0 Å². The highest BCUT2D eigenvalue weighted by atomic mass is 35.5. The van der Waals surface area contributed by atoms with Crippen molar-refractivity contribution in [2.75, 3.05) is 24.5 Å². The number of nitrogens with zero attached hydrogens (tertiary/aromatic N) is 3. The maximum atomic E-state index is 12.1. The van der Waals surface area contributed by atoms with Gasteiger partial charge >= 0.3 is 0 Å². The monoisotopic (exact) mass is 347 g/mol. The molecule has 0 radical (unpaired) electrons. The molecule has 0 aromatic carbocycles. The Kier molecular flexibility index (Phi) is 7.32. The normalized spacial score (nSPS) is 18.1. The van der Waals surface area contributed by atoms with Crippen LogP contribution in [0.2, 0.25) is 0 Å². The molecule has 1 unspecified atom stereocenters. The molecule has 0 spiro atoms. The van der Waals surface area contributed by atoms with E-state index in [0.717, 1.165) is 31.7 Å². The largest absolute Gasteiger partial charge is 0.355 e. The van der Waals surface area contributed by atoms with Crippen molar-refractivity contribution in [3.8, 4) is 0 Å². The van der Waals surface area contributed by atoms with Crippen molar-refractivity contribution >= 4 is 36.5 Å². The van der Waals surface area contributed by atoms with Gasteiger partial charge < -0.3 is 16.0 Å². The first kappa shape index (κ1) is 18.9. The Morgan fingerprint density at radius 2 is 1.95 bits per heavy atom. The SMILES string of the molecule is Cl.Cl.NCC(NC(=O)c1ccc(N2CCCC2)nn1)C1CC1. The van der Waals surface area contributed by atoms with Crippen LogP contribution in [0.5, 0.6) is 0 Å². The third-order valence-electron chi connectivity index (χ3n) is 4.07. The van der Waals surface area contributed by atoms with Crippen LogP contribution in [-0.2, 0) is 0 Å². The Morgan fingerprint density at radius 3 is 2.45 bits per heavy atom. The summed E-state index contributed by atoms with van der Waals surface area (Å²) in [5.74, 6) is 1.23. The third-order valence-corrected chi connectivity index (χ3v) is 4.07. The smallest absolute Gasteiger partial charge is 0.272 e. The van der Waals surface area contributed by atoms with Crippen molar-refractivity contribution in [2.45, 2.75) is 31.7 Å². The average molecular weight is 348 g/mol. The number of hydrogen-bond acceptors (Lipinski definition) is 5. The van der Waals surface area contributed by atoms with Crippen molar-refractivity contribution in [3.05, 3.63) is 17.8 Å². The number of hydrogen-bond donors (Lipinski definition) is 2. The Balaban J connectivity index is 0.00000121. The topological polar surface area (TPSA) is 84.1 Å². The quantitative estimate of drug-likeness (QED) is 0.840. The number of carbonyl (C=O) groups is 1. The van der Waals surface area contributed by atoms with Gasteiger partial charge in [0.15, 0.2) is 11.5 Å². The zero-order valence-electron chi connectivity index (χ0n) is 12.4. The number of rotatable bonds is 5. The third kappa shape index (κ3) is 4.44. The lowest BCUT2D eigenvalue weighted by Gasteiger charge is -2.17. The maximum Gasteiger partial charge on any atom is 0.272 e. The molecule has 6 nitrogen and oxygen atoms in total. The van der Waals surface area contributed by atoms with Gasteiger partial charge in [0.25, 0.3) is 5.91 Å². The fourth-order valence-corrected chi connectivity index (χ4v) is 2.67. The standard InChI is InChI=1S/C14H21N5O.2ClH/c15-9-12(10-3-4-10)16-14(20)11-5-6-13(18-17-11)19-7-1-2-8-19;;/h5-6,10,12H,1-4,7-9,15H2,(H,16,20);2*1H. The Bertz CT molecular complexity index is 475. The summed E-state index contributed by atoms with van der Waals surface area (Å²) in [4.78, 5) is 14.3. The second-order valence-electron chi connectivity index (χ2n) is 5.62. The number of nitrogens with two attached hydrogens (primary N) is 1. The molecule has 1 atom stereocenters. The van der Waals surface area contributed by atoms with Gasteiger partial charge in [-0.15, -0.1) is 35.0 Å². The molecule has 1 aromatic rings. The van der Waals surface area contributed by atoms with Crippen LogP contribution in [0.25, 0.3) is 0 Å². The van der Waals surface area contributed by atoms with E-state index in [2.05, 4.69) is 20.4 Å². The summed E-state index contributed by atoms with van der Waals surface area (Å²) in [6, 6.07) is 3.70. The zero-order valence-corrected chi connectivity index (χ0v) is 14.0. The van der Waals surface area contributed by atoms with Gasteiger partial charge in [-0.05, 0) is 43.7 Å². The van der Waals surface area contributed by atoms with E-state index in [-0.39, 0.29) is 36.8 Å². The van der Waals surface area contributed by atoms with Crippen molar-refractivity contribution in [1.82, 2.24) is 15.5 Å². The number of carbonyl (C=O) groups excluding carboxylic acids is 1. The fourth-order valence-electron chi connectivity index (χ4n) is 2.67. The Morgan fingerprint density at radius 1 is 1.27 bits per heavy atom. The molecular weight excluding hydrogens is 325 g/mol. The van der Waals surface area contributed by atoms with Crippen LogP contribution in [0, 0.1) is 5.92 Å². The molecule has 1 aromatic heterocycles. The lowest BCUT2D eigenvalue weighted by molar-refractivity contribution is 0.0927. The summed E-state index contributed by atoms with van der Waals surface area (Å²) in [6.07, 6.45) is 4.70. The van der Waals surface area contributed by atoms with E-state index in [1.807, 2.05) is 6.07 Å². The average Bonchev–Trinajstić information content (AvgIpc) is 3.18. The predicted octanol–water partition coefficient (Wildman–Crippen LogP) is 1.39. The molecule has 1 aliphatic heterocycles. The van der Waals surface area contributed by atoms with Crippen LogP contribution in [0.4, 0.5) is 5.82 Å². The highest BCUT2D eigenvalue weighted by Gasteiger charge is 2.31. The van der Waals surface area contributed by atoms with Crippen LogP contribution < -0.4 is 16.0 Å². The molecule has 8 heteroatoms. The molecule has 1 amide bonds. The summed E-state index contributed by atoms with van der Waals surface area (Å²) in [7, 11) is 0. The molecule has 22 heavy (non-hydrogen) atoms. The van der Waals surface area contributed by atoms with Gasteiger partial charge in [-0.25, -0.2) is 0 Å². The van der Waals surface area contributed by atoms with E-state index >= 15 is 0 Å². The molecule has 2 aliphatic rings. The number of anilines is 1. The minimum Gasteiger partial charge on any atom is -0.355 e. The summed E-state index contributed by atoms with van der Waals surface area (Å²) in [5.41, 5.74) is 6.06. The summed E-state index contributed by atoms with van der Waals surface area (Å²) in [5, 5.41) is 11.2. The second-order valence-corrected chi connectivity index (χ2v) is 5.62. The van der Waals surface area contributed by atoms with E-state index in [9.17, 15) is 4.79 Å². The van der Waals surface area contributed by atoms with Crippen LogP contribution >= 0.6 is 24.8 Å². The molecule has 1 aliphatic carbocycles. The molecule has 2 heterocycles. The lowest BCUT2D eigenvalue weighted by Crippen LogP contribution is -2.42. The van der Waals surface area contributed by atoms with Crippen molar-refractivity contribution in [2.24, 2.45) is 11.7 Å². The number of nitrogens with one attached hydrogen (secondary N) is 1. The molecule has 1 saturated carbocycles. The van der Waals surface area contributed by atoms with E-state index in [1.54, 1.807) is 6.07 Å². The van der Waals surface area contributed by atoms with Crippen molar-refractivity contribution in [1.29, 1.82) is 0 Å². The lowest BCUT2D eigenvalue weighted by atomic mass is 10.2. The highest BCUT2D eigenvalue weighted by Crippen LogP contribution is 2.32. The highest BCUT2D eigenvalue weighted by molar-refractivity contribution is 5.92. The van der Waals surface area contributed by atoms with Crippen LogP contribution in [0.1, 0.15) is 36.2 Å². The zero-order chi connectivity index (χ0) is 13.9. The van der Waals surface area contributed by atoms with E-state index in [1.165, 1.54) is 12.8 Å². The van der Waals surface area contributed by atoms with Gasteiger partial charge in [-0.3, -0.25) is 4.79 Å². The van der Waals surface area contributed by atoms with Crippen LogP contribution in [0.15, 0.2) is 12.1 Å². The molecule has 2 fully saturated rings. The van der Waals surface area contributed by atoms with Crippen molar-refractivity contribution in [3.63, 3.8) is 0 Å². The maximum absolute atomic E-state index is 12.1. The van der Waals surface area contributed by atoms with Gasteiger partial charge in [0.1, 0.15) is 0 Å². The molecular formula is C14H23Cl2N5O. The molecule has 3 N–H and O–H groups in total.